The second-order valence-corrected chi connectivity index (χ2v) is 11.0. The molecule has 180 valence electrons. The lowest BCUT2D eigenvalue weighted by Crippen LogP contribution is -2.52. The van der Waals surface area contributed by atoms with Gasteiger partial charge in [0.05, 0.1) is 11.9 Å². The number of nitrogens with zero attached hydrogens (tertiary/aromatic N) is 2. The lowest BCUT2D eigenvalue weighted by Gasteiger charge is -2.32. The number of rotatable bonds is 9. The van der Waals surface area contributed by atoms with Crippen LogP contribution in [0.1, 0.15) is 31.9 Å². The lowest BCUT2D eigenvalue weighted by molar-refractivity contribution is -0.139. The number of carbonyl (C=O) groups excluding carboxylic acids is 2. The molecule has 2 rings (SSSR count). The molecule has 0 aliphatic carbocycles. The van der Waals surface area contributed by atoms with Gasteiger partial charge in [0.1, 0.15) is 12.6 Å². The van der Waals surface area contributed by atoms with Gasteiger partial charge >= 0.3 is 0 Å². The quantitative estimate of drug-likeness (QED) is 0.548. The summed E-state index contributed by atoms with van der Waals surface area (Å²) in [4.78, 5) is 27.5. The van der Waals surface area contributed by atoms with Crippen LogP contribution in [0.3, 0.4) is 0 Å². The number of amides is 2. The van der Waals surface area contributed by atoms with E-state index in [0.29, 0.717) is 21.3 Å². The topological polar surface area (TPSA) is 86.8 Å². The van der Waals surface area contributed by atoms with Gasteiger partial charge in [-0.15, -0.1) is 0 Å². The Hall–Kier alpha value is -2.29. The van der Waals surface area contributed by atoms with Crippen molar-refractivity contribution in [3.63, 3.8) is 0 Å². The first-order valence-corrected chi connectivity index (χ1v) is 13.0. The van der Waals surface area contributed by atoms with Gasteiger partial charge in [0.15, 0.2) is 0 Å². The van der Waals surface area contributed by atoms with Crippen molar-refractivity contribution in [1.29, 1.82) is 0 Å². The van der Waals surface area contributed by atoms with Gasteiger partial charge in [0, 0.05) is 22.6 Å². The summed E-state index contributed by atoms with van der Waals surface area (Å²) in [7, 11) is -3.80. The van der Waals surface area contributed by atoms with Crippen LogP contribution in [0, 0.1) is 6.92 Å². The average molecular weight is 514 g/mol. The molecule has 0 saturated carbocycles. The minimum absolute atomic E-state index is 0.111. The van der Waals surface area contributed by atoms with Crippen LogP contribution < -0.4 is 9.62 Å². The van der Waals surface area contributed by atoms with Crippen LogP contribution in [0.25, 0.3) is 0 Å². The van der Waals surface area contributed by atoms with E-state index in [4.69, 9.17) is 23.2 Å². The van der Waals surface area contributed by atoms with Crippen molar-refractivity contribution in [2.24, 2.45) is 0 Å². The molecule has 0 saturated heterocycles. The molecule has 33 heavy (non-hydrogen) atoms. The zero-order valence-corrected chi connectivity index (χ0v) is 21.6. The van der Waals surface area contributed by atoms with Crippen molar-refractivity contribution >= 4 is 50.7 Å². The fraction of sp³-hybridized carbons (Fsp3) is 0.391. The van der Waals surface area contributed by atoms with Crippen molar-refractivity contribution in [3.05, 3.63) is 63.6 Å². The first-order valence-electron chi connectivity index (χ1n) is 10.4. The Morgan fingerprint density at radius 3 is 2.09 bits per heavy atom. The summed E-state index contributed by atoms with van der Waals surface area (Å²) in [6.45, 7) is 6.63. The monoisotopic (exact) mass is 513 g/mol. The molecule has 0 unspecified atom stereocenters. The minimum atomic E-state index is -3.80. The van der Waals surface area contributed by atoms with Gasteiger partial charge < -0.3 is 10.2 Å². The van der Waals surface area contributed by atoms with Gasteiger partial charge in [0.2, 0.25) is 21.8 Å². The van der Waals surface area contributed by atoms with Crippen molar-refractivity contribution in [3.8, 4) is 0 Å². The van der Waals surface area contributed by atoms with E-state index in [1.54, 1.807) is 56.3 Å². The molecule has 0 aromatic heterocycles. The molecular weight excluding hydrogens is 485 g/mol. The van der Waals surface area contributed by atoms with Crippen LogP contribution in [0.2, 0.25) is 10.0 Å². The van der Waals surface area contributed by atoms with E-state index < -0.39 is 28.5 Å². The molecule has 2 aromatic carbocycles. The van der Waals surface area contributed by atoms with Crippen molar-refractivity contribution in [2.45, 2.75) is 46.3 Å². The van der Waals surface area contributed by atoms with E-state index >= 15 is 0 Å². The van der Waals surface area contributed by atoms with Crippen molar-refractivity contribution in [2.75, 3.05) is 17.1 Å². The van der Waals surface area contributed by atoms with Crippen LogP contribution in [0.5, 0.6) is 0 Å². The van der Waals surface area contributed by atoms with Gasteiger partial charge in [-0.1, -0.05) is 35.3 Å². The number of hydrogen-bond acceptors (Lipinski definition) is 4. The summed E-state index contributed by atoms with van der Waals surface area (Å²) < 4.78 is 26.2. The van der Waals surface area contributed by atoms with E-state index in [1.165, 1.54) is 4.90 Å². The van der Waals surface area contributed by atoms with Crippen molar-refractivity contribution < 1.29 is 18.0 Å². The third-order valence-corrected chi connectivity index (χ3v) is 6.58. The van der Waals surface area contributed by atoms with Crippen LogP contribution in [0.4, 0.5) is 5.69 Å². The highest BCUT2D eigenvalue weighted by Gasteiger charge is 2.30. The van der Waals surface area contributed by atoms with Gasteiger partial charge in [-0.25, -0.2) is 8.42 Å². The number of halogens is 2. The van der Waals surface area contributed by atoms with E-state index in [-0.39, 0.29) is 18.5 Å². The number of nitrogens with one attached hydrogen (secondary N) is 1. The van der Waals surface area contributed by atoms with E-state index in [9.17, 15) is 18.0 Å². The largest absolute Gasteiger partial charge is 0.352 e. The normalized spacial score (nSPS) is 12.4. The maximum Gasteiger partial charge on any atom is 0.244 e. The summed E-state index contributed by atoms with van der Waals surface area (Å²) in [5, 5.41) is 3.81. The van der Waals surface area contributed by atoms with Crippen molar-refractivity contribution in [1.82, 2.24) is 10.2 Å². The van der Waals surface area contributed by atoms with Gasteiger partial charge in [-0.2, -0.15) is 0 Å². The Morgan fingerprint density at radius 2 is 1.58 bits per heavy atom. The number of sulfonamides is 1. The van der Waals surface area contributed by atoms with Crippen LogP contribution in [0.15, 0.2) is 42.5 Å². The maximum atomic E-state index is 13.4. The molecule has 1 atom stereocenters. The number of hydrogen-bond donors (Lipinski definition) is 1. The first-order chi connectivity index (χ1) is 15.3. The lowest BCUT2D eigenvalue weighted by atomic mass is 10.1. The fourth-order valence-corrected chi connectivity index (χ4v) is 4.53. The molecule has 0 aliphatic rings. The Bertz CT molecular complexity index is 1110. The number of carbonyl (C=O) groups is 2. The van der Waals surface area contributed by atoms with Crippen LogP contribution in [-0.4, -0.2) is 50.0 Å². The summed E-state index contributed by atoms with van der Waals surface area (Å²) in [5.41, 5.74) is 1.71. The third kappa shape index (κ3) is 7.62. The molecule has 0 bridgehead atoms. The molecule has 7 nitrogen and oxygen atoms in total. The minimum Gasteiger partial charge on any atom is -0.352 e. The summed E-state index contributed by atoms with van der Waals surface area (Å²) >= 11 is 12.0. The number of anilines is 1. The second-order valence-electron chi connectivity index (χ2n) is 8.19. The van der Waals surface area contributed by atoms with Crippen LogP contribution in [-0.2, 0) is 26.2 Å². The molecule has 0 fully saturated rings. The molecule has 0 spiro atoms. The smallest absolute Gasteiger partial charge is 0.244 e. The average Bonchev–Trinajstić information content (AvgIpc) is 2.70. The Kier molecular flexibility index (Phi) is 9.17. The van der Waals surface area contributed by atoms with Gasteiger partial charge in [-0.3, -0.25) is 13.9 Å². The predicted octanol–water partition coefficient (Wildman–Crippen LogP) is 4.01. The summed E-state index contributed by atoms with van der Waals surface area (Å²) in [6, 6.07) is 10.7. The first kappa shape index (κ1) is 27.0. The second kappa shape index (κ2) is 11.2. The van der Waals surface area contributed by atoms with E-state index in [2.05, 4.69) is 5.32 Å². The molecule has 2 aromatic rings. The van der Waals surface area contributed by atoms with E-state index in [1.807, 2.05) is 13.8 Å². The third-order valence-electron chi connectivity index (χ3n) is 4.97. The highest BCUT2D eigenvalue weighted by atomic mass is 35.5. The van der Waals surface area contributed by atoms with Gasteiger partial charge in [-0.05, 0) is 69.2 Å². The zero-order valence-electron chi connectivity index (χ0n) is 19.3. The molecule has 0 aliphatic heterocycles. The van der Waals surface area contributed by atoms with Gasteiger partial charge in [0.25, 0.3) is 0 Å². The number of benzene rings is 2. The summed E-state index contributed by atoms with van der Waals surface area (Å²) in [6.07, 6.45) is 1.03. The SMILES string of the molecule is Cc1cc(Cl)ccc1N(CC(=O)N(Cc1ccc(Cl)cc1)[C@H](C)C(=O)NC(C)C)S(C)(=O)=O. The molecule has 10 heteroatoms. The molecule has 0 heterocycles. The Balaban J connectivity index is 2.41. The molecule has 1 N–H and O–H groups in total. The predicted molar refractivity (Wildman–Crippen MR) is 133 cm³/mol. The highest BCUT2D eigenvalue weighted by Crippen LogP contribution is 2.26. The fourth-order valence-electron chi connectivity index (χ4n) is 3.27. The zero-order chi connectivity index (χ0) is 24.9. The Morgan fingerprint density at radius 1 is 1.00 bits per heavy atom. The standard InChI is InChI=1S/C23H29Cl2N3O4S/c1-15(2)26-23(30)17(4)27(13-18-6-8-19(24)9-7-18)22(29)14-28(33(5,31)32)21-11-10-20(25)12-16(21)3/h6-12,15,17H,13-14H2,1-5H3,(H,26,30)/t17-/m1/s1. The molecule has 0 radical (unpaired) electrons. The Labute approximate surface area is 205 Å². The molecular formula is C23H29Cl2N3O4S. The highest BCUT2D eigenvalue weighted by molar-refractivity contribution is 7.92. The van der Waals surface area contributed by atoms with Crippen LogP contribution >= 0.6 is 23.2 Å². The maximum absolute atomic E-state index is 13.4. The molecule has 2 amide bonds. The van der Waals surface area contributed by atoms with E-state index in [0.717, 1.165) is 16.1 Å². The number of aryl methyl sites for hydroxylation is 1. The summed E-state index contributed by atoms with van der Waals surface area (Å²) in [5.74, 6) is -0.850.